The topological polar surface area (TPSA) is 110 Å². The summed E-state index contributed by atoms with van der Waals surface area (Å²) < 4.78 is 7.33. The molecule has 0 amide bonds. The molecule has 0 bridgehead atoms. The number of pyridine rings is 1. The lowest BCUT2D eigenvalue weighted by Gasteiger charge is -2.31. The number of benzene rings is 2. The lowest BCUT2D eigenvalue weighted by atomic mass is 9.96. The van der Waals surface area contributed by atoms with Crippen molar-refractivity contribution in [2.24, 2.45) is 0 Å². The van der Waals surface area contributed by atoms with Crippen molar-refractivity contribution in [3.63, 3.8) is 0 Å². The molecule has 150 valence electrons. The average molecular weight is 395 g/mol. The maximum Gasteiger partial charge on any atom is 0.291 e. The van der Waals surface area contributed by atoms with Gasteiger partial charge in [0.1, 0.15) is 18.0 Å². The van der Waals surface area contributed by atoms with Crippen molar-refractivity contribution in [2.45, 2.75) is 38.4 Å². The first kappa shape index (κ1) is 18.3. The zero-order chi connectivity index (χ0) is 20.4. The number of aromatic amines is 1. The van der Waals surface area contributed by atoms with Crippen LogP contribution in [0.5, 0.6) is 5.75 Å². The van der Waals surface area contributed by atoms with Gasteiger partial charge >= 0.3 is 0 Å². The highest BCUT2D eigenvalue weighted by Crippen LogP contribution is 2.37. The van der Waals surface area contributed by atoms with E-state index in [4.69, 9.17) is 4.74 Å². The number of aliphatic hydroxyl groups is 3. The molecule has 0 unspecified atom stereocenters. The van der Waals surface area contributed by atoms with E-state index in [2.05, 4.69) is 11.9 Å². The number of fused-ring (bicyclic) bond motifs is 4. The van der Waals surface area contributed by atoms with Crippen LogP contribution >= 0.6 is 0 Å². The summed E-state index contributed by atoms with van der Waals surface area (Å²) in [5, 5.41) is 44.1. The van der Waals surface area contributed by atoms with E-state index in [0.29, 0.717) is 0 Å². The highest BCUT2D eigenvalue weighted by Gasteiger charge is 2.43. The first-order valence-corrected chi connectivity index (χ1v) is 9.60. The van der Waals surface area contributed by atoms with E-state index in [9.17, 15) is 20.4 Å². The molecule has 4 aromatic rings. The lowest BCUT2D eigenvalue weighted by molar-refractivity contribution is -0.774. The van der Waals surface area contributed by atoms with E-state index in [0.717, 1.165) is 43.7 Å². The van der Waals surface area contributed by atoms with Crippen molar-refractivity contribution in [3.8, 4) is 5.75 Å². The summed E-state index contributed by atoms with van der Waals surface area (Å²) in [5.41, 5.74) is 4.11. The third-order valence-corrected chi connectivity index (χ3v) is 6.09. The Morgan fingerprint density at radius 1 is 1.00 bits per heavy atom. The number of nitrogens with zero attached hydrogens (tertiary/aromatic N) is 1. The highest BCUT2D eigenvalue weighted by molar-refractivity contribution is 6.16. The van der Waals surface area contributed by atoms with Crippen LogP contribution in [-0.2, 0) is 4.74 Å². The smallest absolute Gasteiger partial charge is 0.291 e. The Morgan fingerprint density at radius 2 is 1.79 bits per heavy atom. The van der Waals surface area contributed by atoms with E-state index in [1.807, 2.05) is 31.5 Å². The maximum absolute atomic E-state index is 10.4. The van der Waals surface area contributed by atoms with Gasteiger partial charge in [-0.25, -0.2) is 0 Å². The number of aryl methyl sites for hydroxylation is 2. The lowest BCUT2D eigenvalue weighted by Crippen LogP contribution is -2.58. The van der Waals surface area contributed by atoms with Gasteiger partial charge in [-0.2, -0.15) is 4.57 Å². The van der Waals surface area contributed by atoms with Crippen molar-refractivity contribution in [1.29, 1.82) is 0 Å². The van der Waals surface area contributed by atoms with Gasteiger partial charge in [-0.05, 0) is 48.6 Å². The van der Waals surface area contributed by atoms with Crippen molar-refractivity contribution in [2.75, 3.05) is 6.61 Å². The van der Waals surface area contributed by atoms with E-state index < -0.39 is 24.5 Å². The molecule has 0 saturated carbocycles. The Bertz CT molecular complexity index is 1260. The molecule has 7 nitrogen and oxygen atoms in total. The highest BCUT2D eigenvalue weighted by atomic mass is 16.5. The van der Waals surface area contributed by atoms with Crippen LogP contribution in [0.1, 0.15) is 17.4 Å². The van der Waals surface area contributed by atoms with Crippen molar-refractivity contribution >= 4 is 32.6 Å². The minimum absolute atomic E-state index is 0.0489. The standard InChI is InChI=1S/C22H22N2O5/c1-10-15-8-24(22-21(28)20(27)17(26)9-29-22)6-5-13(15)11(2)19-18(10)14-7-12(25)3-4-16(14)23-19/h3-8,17,20-22,25-28H,9H2,1-2H3/p+1/t17-,20-,21+,22+/m1/s1. The summed E-state index contributed by atoms with van der Waals surface area (Å²) in [6.45, 7) is 4.03. The SMILES string of the molecule is Cc1c2cc[n+]([C@H]3OC[C@@H](O)[C@@H](O)[C@@H]3O)cc2c(C)c2c1[nH]c1ccc(O)cc12. The molecule has 29 heavy (non-hydrogen) atoms. The van der Waals surface area contributed by atoms with Gasteiger partial charge < -0.3 is 30.1 Å². The van der Waals surface area contributed by atoms with E-state index >= 15 is 0 Å². The van der Waals surface area contributed by atoms with Crippen LogP contribution in [-0.4, -0.2) is 50.3 Å². The number of aromatic hydroxyl groups is 1. The number of aliphatic hydroxyl groups excluding tert-OH is 3. The third kappa shape index (κ3) is 2.63. The van der Waals surface area contributed by atoms with E-state index in [-0.39, 0.29) is 12.4 Å². The minimum Gasteiger partial charge on any atom is -0.508 e. The van der Waals surface area contributed by atoms with Crippen LogP contribution < -0.4 is 4.57 Å². The second-order valence-corrected chi connectivity index (χ2v) is 7.85. The fourth-order valence-electron chi connectivity index (χ4n) is 4.47. The molecule has 0 radical (unpaired) electrons. The molecule has 2 aromatic carbocycles. The molecule has 0 aliphatic carbocycles. The molecule has 1 aliphatic heterocycles. The molecule has 1 fully saturated rings. The molecular formula is C22H23N2O5+. The van der Waals surface area contributed by atoms with Gasteiger partial charge in [0.05, 0.1) is 12.1 Å². The van der Waals surface area contributed by atoms with Gasteiger partial charge in [-0.3, -0.25) is 0 Å². The van der Waals surface area contributed by atoms with Crippen LogP contribution in [0.3, 0.4) is 0 Å². The molecule has 5 N–H and O–H groups in total. The number of hydrogen-bond acceptors (Lipinski definition) is 5. The Balaban J connectivity index is 1.75. The number of phenols is 1. The predicted molar refractivity (Wildman–Crippen MR) is 108 cm³/mol. The summed E-state index contributed by atoms with van der Waals surface area (Å²) in [6, 6.07) is 7.26. The fourth-order valence-corrected chi connectivity index (χ4v) is 4.47. The Morgan fingerprint density at radius 3 is 2.59 bits per heavy atom. The summed E-state index contributed by atoms with van der Waals surface area (Å²) in [4.78, 5) is 3.46. The van der Waals surface area contributed by atoms with E-state index in [1.54, 1.807) is 16.7 Å². The molecule has 7 heteroatoms. The number of phenolic OH excluding ortho intramolecular Hbond substituents is 1. The number of H-pyrrole nitrogens is 1. The van der Waals surface area contributed by atoms with Crippen LogP contribution in [0.25, 0.3) is 32.6 Å². The second kappa shape index (κ2) is 6.40. The molecule has 1 aliphatic rings. The zero-order valence-electron chi connectivity index (χ0n) is 16.1. The summed E-state index contributed by atoms with van der Waals surface area (Å²) >= 11 is 0. The van der Waals surface area contributed by atoms with Gasteiger partial charge in [-0.15, -0.1) is 0 Å². The van der Waals surface area contributed by atoms with Crippen LogP contribution in [0.15, 0.2) is 36.7 Å². The van der Waals surface area contributed by atoms with Gasteiger partial charge in [0.2, 0.25) is 0 Å². The Hall–Kier alpha value is -2.71. The molecule has 1 saturated heterocycles. The molecule has 2 aromatic heterocycles. The quantitative estimate of drug-likeness (QED) is 0.315. The Kier molecular flexibility index (Phi) is 4.04. The first-order valence-electron chi connectivity index (χ1n) is 9.60. The fraction of sp³-hybridized carbons (Fsp3) is 0.318. The van der Waals surface area contributed by atoms with Crippen LogP contribution in [0, 0.1) is 13.8 Å². The van der Waals surface area contributed by atoms with Crippen LogP contribution in [0.2, 0.25) is 0 Å². The largest absolute Gasteiger partial charge is 0.508 e. The molecule has 4 atom stereocenters. The number of hydrogen-bond donors (Lipinski definition) is 5. The van der Waals surface area contributed by atoms with Crippen molar-refractivity contribution in [1.82, 2.24) is 4.98 Å². The summed E-state index contributed by atoms with van der Waals surface area (Å²) in [5.74, 6) is 0.213. The van der Waals surface area contributed by atoms with Gasteiger partial charge in [0.15, 0.2) is 18.5 Å². The third-order valence-electron chi connectivity index (χ3n) is 6.09. The molecule has 0 spiro atoms. The molecule has 5 rings (SSSR count). The molecule has 3 heterocycles. The normalized spacial score (nSPS) is 25.3. The first-order chi connectivity index (χ1) is 13.9. The zero-order valence-corrected chi connectivity index (χ0v) is 16.1. The monoisotopic (exact) mass is 395 g/mol. The summed E-state index contributed by atoms with van der Waals surface area (Å²) in [7, 11) is 0. The average Bonchev–Trinajstić information content (AvgIpc) is 3.09. The maximum atomic E-state index is 10.4. The van der Waals surface area contributed by atoms with Crippen molar-refractivity contribution in [3.05, 3.63) is 47.8 Å². The number of aromatic nitrogens is 2. The van der Waals surface area contributed by atoms with E-state index in [1.165, 1.54) is 0 Å². The number of nitrogens with one attached hydrogen (secondary N) is 1. The van der Waals surface area contributed by atoms with Crippen molar-refractivity contribution < 1.29 is 29.7 Å². The second-order valence-electron chi connectivity index (χ2n) is 7.85. The van der Waals surface area contributed by atoms with Gasteiger partial charge in [0.25, 0.3) is 6.23 Å². The number of ether oxygens (including phenoxy) is 1. The Labute approximate surface area is 166 Å². The number of rotatable bonds is 1. The van der Waals surface area contributed by atoms with Gasteiger partial charge in [0, 0.05) is 27.7 Å². The van der Waals surface area contributed by atoms with Crippen LogP contribution in [0.4, 0.5) is 0 Å². The minimum atomic E-state index is -1.26. The summed E-state index contributed by atoms with van der Waals surface area (Å²) in [6.07, 6.45) is -0.690. The predicted octanol–water partition coefficient (Wildman–Crippen LogP) is 1.70. The van der Waals surface area contributed by atoms with Gasteiger partial charge in [-0.1, -0.05) is 0 Å². The molecular weight excluding hydrogens is 372 g/mol.